The van der Waals surface area contributed by atoms with Crippen LogP contribution in [0.4, 0.5) is 0 Å². The van der Waals surface area contributed by atoms with Gasteiger partial charge in [0.15, 0.2) is 15.8 Å². The van der Waals surface area contributed by atoms with Crippen LogP contribution in [0.5, 0.6) is 11.5 Å². The van der Waals surface area contributed by atoms with Crippen molar-refractivity contribution in [1.82, 2.24) is 15.6 Å². The van der Waals surface area contributed by atoms with Crippen molar-refractivity contribution in [3.05, 3.63) is 52.5 Å². The fraction of sp³-hybridized carbons (Fsp3) is 0.333. The van der Waals surface area contributed by atoms with Crippen molar-refractivity contribution in [3.63, 3.8) is 0 Å². The Kier molecular flexibility index (Phi) is 10.8. The quantitative estimate of drug-likeness (QED) is 0.116. The molecule has 0 bridgehead atoms. The monoisotopic (exact) mass is 562 g/mol. The summed E-state index contributed by atoms with van der Waals surface area (Å²) in [5, 5.41) is 13.2. The Morgan fingerprint density at radius 1 is 1.21 bits per heavy atom. The summed E-state index contributed by atoms with van der Waals surface area (Å²) >= 11 is 6.33. The molecule has 180 valence electrons. The molecule has 0 radical (unpaired) electrons. The highest BCUT2D eigenvalue weighted by atomic mass is 79.9. The van der Waals surface area contributed by atoms with Gasteiger partial charge in [0.2, 0.25) is 0 Å². The second-order valence-electron chi connectivity index (χ2n) is 7.26. The molecule has 3 rings (SSSR count). The predicted molar refractivity (Wildman–Crippen MR) is 142 cm³/mol. The number of methoxy groups -OCH3 is 1. The lowest BCUT2D eigenvalue weighted by atomic mass is 10.2. The molecule has 34 heavy (non-hydrogen) atoms. The van der Waals surface area contributed by atoms with Crippen LogP contribution in [0.2, 0.25) is 0 Å². The Hall–Kier alpha value is -2.43. The molecular formula is C24H27BrN4O3S2. The Bertz CT molecular complexity index is 1090. The van der Waals surface area contributed by atoms with E-state index in [4.69, 9.17) is 9.47 Å². The van der Waals surface area contributed by atoms with Gasteiger partial charge in [-0.1, -0.05) is 79.6 Å². The second kappa shape index (κ2) is 14.1. The van der Waals surface area contributed by atoms with Gasteiger partial charge in [-0.15, -0.1) is 10.2 Å². The molecule has 10 heteroatoms. The van der Waals surface area contributed by atoms with Crippen molar-refractivity contribution in [1.29, 1.82) is 0 Å². The van der Waals surface area contributed by atoms with Crippen LogP contribution in [-0.2, 0) is 4.79 Å². The molecule has 0 spiro atoms. The number of halogens is 1. The molecule has 0 fully saturated rings. The van der Waals surface area contributed by atoms with E-state index in [9.17, 15) is 4.79 Å². The predicted octanol–water partition coefficient (Wildman–Crippen LogP) is 6.18. The number of thioether (sulfide) groups is 1. The van der Waals surface area contributed by atoms with Crippen molar-refractivity contribution in [2.75, 3.05) is 19.5 Å². The maximum Gasteiger partial charge on any atom is 0.250 e. The average Bonchev–Trinajstić information content (AvgIpc) is 3.33. The Morgan fingerprint density at radius 2 is 2.03 bits per heavy atom. The summed E-state index contributed by atoms with van der Waals surface area (Å²) in [5.74, 6) is 1.25. The highest BCUT2D eigenvalue weighted by molar-refractivity contribution is 9.10. The first kappa shape index (κ1) is 26.2. The first-order chi connectivity index (χ1) is 16.6. The van der Waals surface area contributed by atoms with Crippen molar-refractivity contribution in [2.45, 2.75) is 36.9 Å². The minimum Gasteiger partial charge on any atom is -0.493 e. The number of nitrogens with zero attached hydrogens (tertiary/aromatic N) is 3. The van der Waals surface area contributed by atoms with Crippen LogP contribution >= 0.6 is 39.0 Å². The van der Waals surface area contributed by atoms with Gasteiger partial charge in [0.05, 0.1) is 30.2 Å². The van der Waals surface area contributed by atoms with Gasteiger partial charge in [0.1, 0.15) is 5.01 Å². The third-order valence-corrected chi connectivity index (χ3v) is 7.35. The third kappa shape index (κ3) is 8.11. The molecule has 0 unspecified atom stereocenters. The van der Waals surface area contributed by atoms with Gasteiger partial charge in [-0.2, -0.15) is 5.10 Å². The molecule has 1 heterocycles. The lowest BCUT2D eigenvalue weighted by molar-refractivity contribution is -0.118. The molecule has 3 aromatic rings. The Morgan fingerprint density at radius 3 is 2.79 bits per heavy atom. The summed E-state index contributed by atoms with van der Waals surface area (Å²) in [6.07, 6.45) is 6.11. The number of carbonyl (C=O) groups is 1. The molecule has 0 saturated carbocycles. The fourth-order valence-electron chi connectivity index (χ4n) is 2.96. The van der Waals surface area contributed by atoms with Crippen LogP contribution in [0.15, 0.2) is 56.4 Å². The molecule has 1 amide bonds. The van der Waals surface area contributed by atoms with Gasteiger partial charge in [-0.05, 0) is 40.0 Å². The molecular weight excluding hydrogens is 536 g/mol. The molecule has 0 aliphatic heterocycles. The van der Waals surface area contributed by atoms with Crippen LogP contribution in [-0.4, -0.2) is 41.8 Å². The summed E-state index contributed by atoms with van der Waals surface area (Å²) < 4.78 is 12.9. The molecule has 0 saturated heterocycles. The van der Waals surface area contributed by atoms with Crippen LogP contribution in [0, 0.1) is 0 Å². The minimum atomic E-state index is -0.226. The van der Waals surface area contributed by atoms with Crippen molar-refractivity contribution >= 4 is 51.2 Å². The zero-order chi connectivity index (χ0) is 24.2. The average molecular weight is 564 g/mol. The first-order valence-electron chi connectivity index (χ1n) is 10.9. The maximum atomic E-state index is 12.2. The smallest absolute Gasteiger partial charge is 0.250 e. The molecule has 0 aliphatic rings. The van der Waals surface area contributed by atoms with Gasteiger partial charge < -0.3 is 9.47 Å². The lowest BCUT2D eigenvalue weighted by Crippen LogP contribution is -2.19. The van der Waals surface area contributed by atoms with Gasteiger partial charge in [0, 0.05) is 5.56 Å². The number of amides is 1. The number of carbonyl (C=O) groups excluding carboxylic acids is 1. The molecule has 0 aliphatic carbocycles. The normalized spacial score (nSPS) is 11.0. The summed E-state index contributed by atoms with van der Waals surface area (Å²) in [6.45, 7) is 2.82. The SMILES string of the molecule is CCCCCCOc1c(Br)cc(C=NNC(=O)CSc2nnc(-c3ccccc3)s2)cc1OC. The number of unbranched alkanes of at least 4 members (excludes halogenated alkanes) is 3. The number of hydrazone groups is 1. The third-order valence-electron chi connectivity index (χ3n) is 4.65. The van der Waals surface area contributed by atoms with Gasteiger partial charge in [-0.3, -0.25) is 4.79 Å². The van der Waals surface area contributed by atoms with E-state index < -0.39 is 0 Å². The highest BCUT2D eigenvalue weighted by Gasteiger charge is 2.12. The zero-order valence-corrected chi connectivity index (χ0v) is 22.3. The van der Waals surface area contributed by atoms with E-state index in [2.05, 4.69) is 43.6 Å². The van der Waals surface area contributed by atoms with E-state index in [1.165, 1.54) is 35.9 Å². The van der Waals surface area contributed by atoms with Crippen LogP contribution in [0.25, 0.3) is 10.6 Å². The van der Waals surface area contributed by atoms with Gasteiger partial charge >= 0.3 is 0 Å². The molecule has 0 atom stereocenters. The Balaban J connectivity index is 1.49. The topological polar surface area (TPSA) is 85.7 Å². The van der Waals surface area contributed by atoms with E-state index >= 15 is 0 Å². The number of ether oxygens (including phenoxy) is 2. The van der Waals surface area contributed by atoms with Crippen LogP contribution in [0.1, 0.15) is 38.2 Å². The number of rotatable bonds is 13. The molecule has 7 nitrogen and oxygen atoms in total. The fourth-order valence-corrected chi connectivity index (χ4v) is 5.19. The summed E-state index contributed by atoms with van der Waals surface area (Å²) in [4.78, 5) is 12.2. The first-order valence-corrected chi connectivity index (χ1v) is 13.5. The van der Waals surface area contributed by atoms with Crippen LogP contribution in [0.3, 0.4) is 0 Å². The van der Waals surface area contributed by atoms with Gasteiger partial charge in [0.25, 0.3) is 5.91 Å². The van der Waals surface area contributed by atoms with E-state index in [-0.39, 0.29) is 11.7 Å². The van der Waals surface area contributed by atoms with E-state index in [0.29, 0.717) is 18.1 Å². The summed E-state index contributed by atoms with van der Waals surface area (Å²) in [7, 11) is 1.60. The zero-order valence-electron chi connectivity index (χ0n) is 19.1. The number of benzene rings is 2. The van der Waals surface area contributed by atoms with E-state index in [1.54, 1.807) is 13.3 Å². The number of hydrogen-bond donors (Lipinski definition) is 1. The largest absolute Gasteiger partial charge is 0.493 e. The molecule has 2 aromatic carbocycles. The van der Waals surface area contributed by atoms with Crippen molar-refractivity contribution in [2.24, 2.45) is 5.10 Å². The highest BCUT2D eigenvalue weighted by Crippen LogP contribution is 2.36. The number of aromatic nitrogens is 2. The van der Waals surface area contributed by atoms with Crippen molar-refractivity contribution in [3.8, 4) is 22.1 Å². The van der Waals surface area contributed by atoms with Gasteiger partial charge in [-0.25, -0.2) is 5.43 Å². The second-order valence-corrected chi connectivity index (χ2v) is 10.3. The number of nitrogens with one attached hydrogen (secondary N) is 1. The Labute approximate surface area is 216 Å². The van der Waals surface area contributed by atoms with E-state index in [0.717, 1.165) is 37.8 Å². The summed E-state index contributed by atoms with van der Waals surface area (Å²) in [6, 6.07) is 13.5. The van der Waals surface area contributed by atoms with Crippen LogP contribution < -0.4 is 14.9 Å². The lowest BCUT2D eigenvalue weighted by Gasteiger charge is -2.13. The molecule has 1 N–H and O–H groups in total. The molecule has 1 aromatic heterocycles. The standard InChI is InChI=1S/C24H27BrN4O3S2/c1-3-4-5-9-12-32-22-19(25)13-17(14-20(22)31-2)15-26-27-21(30)16-33-24-29-28-23(34-24)18-10-7-6-8-11-18/h6-8,10-11,13-15H,3-5,9,12,16H2,1-2H3,(H,27,30). The number of hydrogen-bond acceptors (Lipinski definition) is 8. The van der Waals surface area contributed by atoms with Crippen molar-refractivity contribution < 1.29 is 14.3 Å². The minimum absolute atomic E-state index is 0.193. The maximum absolute atomic E-state index is 12.2. The summed E-state index contributed by atoms with van der Waals surface area (Å²) in [5.41, 5.74) is 4.32. The van der Waals surface area contributed by atoms with E-state index in [1.807, 2.05) is 42.5 Å².